The van der Waals surface area contributed by atoms with Crippen molar-refractivity contribution in [2.75, 3.05) is 0 Å². The van der Waals surface area contributed by atoms with Crippen LogP contribution in [0.5, 0.6) is 0 Å². The van der Waals surface area contributed by atoms with Crippen LogP contribution in [0.15, 0.2) is 42.5 Å². The van der Waals surface area contributed by atoms with Crippen molar-refractivity contribution in [3.8, 4) is 0 Å². The van der Waals surface area contributed by atoms with Crippen LogP contribution in [-0.2, 0) is 18.0 Å². The minimum absolute atomic E-state index is 0.414. The van der Waals surface area contributed by atoms with E-state index in [2.05, 4.69) is 0 Å². The molecule has 0 radical (unpaired) electrons. The van der Waals surface area contributed by atoms with Gasteiger partial charge in [-0.15, -0.1) is 0 Å². The zero-order valence-corrected chi connectivity index (χ0v) is 12.8. The normalized spacial score (nSPS) is 10.5. The molecule has 2 rings (SSSR count). The minimum Gasteiger partial charge on any atom is -0.389 e. The fourth-order valence-corrected chi connectivity index (χ4v) is 2.21. The van der Waals surface area contributed by atoms with Crippen LogP contribution < -0.4 is 5.73 Å². The summed E-state index contributed by atoms with van der Waals surface area (Å²) >= 11 is 11.0. The highest BCUT2D eigenvalue weighted by Crippen LogP contribution is 2.17. The summed E-state index contributed by atoms with van der Waals surface area (Å²) in [4.78, 5) is 0.414. The number of ether oxygens (including phenoxy) is 1. The van der Waals surface area contributed by atoms with E-state index in [4.69, 9.17) is 34.3 Å². The van der Waals surface area contributed by atoms with E-state index in [9.17, 15) is 0 Å². The summed E-state index contributed by atoms with van der Waals surface area (Å²) < 4.78 is 5.72. The van der Waals surface area contributed by atoms with Crippen molar-refractivity contribution in [2.45, 2.75) is 20.1 Å². The second kappa shape index (κ2) is 6.84. The Balaban J connectivity index is 1.98. The number of hydrogen-bond acceptors (Lipinski definition) is 2. The molecule has 0 aliphatic heterocycles. The van der Waals surface area contributed by atoms with Crippen LogP contribution in [0.1, 0.15) is 22.3 Å². The lowest BCUT2D eigenvalue weighted by Gasteiger charge is -2.10. The van der Waals surface area contributed by atoms with Gasteiger partial charge in [0.15, 0.2) is 0 Å². The molecule has 0 bridgehead atoms. The van der Waals surface area contributed by atoms with Crippen LogP contribution in [0.3, 0.4) is 0 Å². The Morgan fingerprint density at radius 3 is 2.50 bits per heavy atom. The quantitative estimate of drug-likeness (QED) is 0.848. The first-order chi connectivity index (χ1) is 9.58. The van der Waals surface area contributed by atoms with Crippen LogP contribution in [0.2, 0.25) is 5.02 Å². The lowest BCUT2D eigenvalue weighted by Crippen LogP contribution is -2.10. The molecule has 0 aliphatic carbocycles. The van der Waals surface area contributed by atoms with Gasteiger partial charge in [-0.1, -0.05) is 54.2 Å². The summed E-state index contributed by atoms with van der Waals surface area (Å²) in [6.07, 6.45) is 0. The van der Waals surface area contributed by atoms with Crippen molar-refractivity contribution < 1.29 is 4.74 Å². The number of benzene rings is 2. The molecule has 2 aromatic carbocycles. The first kappa shape index (κ1) is 15.0. The Morgan fingerprint density at radius 1 is 1.15 bits per heavy atom. The molecular weight excluding hydrogens is 290 g/mol. The molecule has 2 aromatic rings. The average Bonchev–Trinajstić information content (AvgIpc) is 2.42. The summed E-state index contributed by atoms with van der Waals surface area (Å²) in [5, 5.41) is 0.730. The largest absolute Gasteiger partial charge is 0.389 e. The maximum Gasteiger partial charge on any atom is 0.103 e. The van der Waals surface area contributed by atoms with Gasteiger partial charge < -0.3 is 10.5 Å². The van der Waals surface area contributed by atoms with Gasteiger partial charge in [-0.25, -0.2) is 0 Å². The molecule has 2 N–H and O–H groups in total. The van der Waals surface area contributed by atoms with Gasteiger partial charge in [-0.05, 0) is 35.7 Å². The topological polar surface area (TPSA) is 35.2 Å². The minimum atomic E-state index is 0.414. The van der Waals surface area contributed by atoms with Crippen LogP contribution in [0.25, 0.3) is 0 Å². The summed E-state index contributed by atoms with van der Waals surface area (Å²) in [6.45, 7) is 3.06. The van der Waals surface area contributed by atoms with E-state index in [0.29, 0.717) is 18.2 Å². The van der Waals surface area contributed by atoms with Crippen molar-refractivity contribution in [1.29, 1.82) is 0 Å². The zero-order chi connectivity index (χ0) is 14.5. The van der Waals surface area contributed by atoms with Crippen molar-refractivity contribution >= 4 is 28.8 Å². The van der Waals surface area contributed by atoms with Crippen molar-refractivity contribution in [3.05, 3.63) is 69.7 Å². The molecule has 0 fully saturated rings. The van der Waals surface area contributed by atoms with Crippen LogP contribution in [-0.4, -0.2) is 4.99 Å². The van der Waals surface area contributed by atoms with E-state index < -0.39 is 0 Å². The highest BCUT2D eigenvalue weighted by molar-refractivity contribution is 7.80. The second-order valence-electron chi connectivity index (χ2n) is 4.59. The Morgan fingerprint density at radius 2 is 1.85 bits per heavy atom. The van der Waals surface area contributed by atoms with Gasteiger partial charge in [-0.2, -0.15) is 0 Å². The van der Waals surface area contributed by atoms with Gasteiger partial charge in [0.05, 0.1) is 13.2 Å². The number of rotatable bonds is 5. The molecule has 0 saturated carbocycles. The second-order valence-corrected chi connectivity index (χ2v) is 5.44. The molecule has 2 nitrogen and oxygen atoms in total. The number of halogens is 1. The molecular formula is C16H16ClNOS. The molecule has 0 saturated heterocycles. The van der Waals surface area contributed by atoms with Crippen molar-refractivity contribution in [2.24, 2.45) is 5.73 Å². The van der Waals surface area contributed by atoms with Crippen LogP contribution >= 0.6 is 23.8 Å². The van der Waals surface area contributed by atoms with E-state index in [1.54, 1.807) is 0 Å². The van der Waals surface area contributed by atoms with Crippen LogP contribution in [0.4, 0.5) is 0 Å². The first-order valence-electron chi connectivity index (χ1n) is 6.28. The van der Waals surface area contributed by atoms with E-state index in [-0.39, 0.29) is 0 Å². The van der Waals surface area contributed by atoms with Gasteiger partial charge >= 0.3 is 0 Å². The summed E-state index contributed by atoms with van der Waals surface area (Å²) in [5.41, 5.74) is 9.73. The number of aryl methyl sites for hydroxylation is 1. The van der Waals surface area contributed by atoms with Gasteiger partial charge in [-0.3, -0.25) is 0 Å². The maximum atomic E-state index is 6.08. The SMILES string of the molecule is Cc1cc(C(N)=S)ccc1COCc1ccccc1Cl. The van der Waals surface area contributed by atoms with Crippen molar-refractivity contribution in [3.63, 3.8) is 0 Å². The number of thiocarbonyl (C=S) groups is 1. The van der Waals surface area contributed by atoms with Crippen LogP contribution in [0, 0.1) is 6.92 Å². The molecule has 4 heteroatoms. The van der Waals surface area contributed by atoms with E-state index >= 15 is 0 Å². The van der Waals surface area contributed by atoms with E-state index in [1.807, 2.05) is 49.4 Å². The standard InChI is InChI=1S/C16H16ClNOS/c1-11-8-12(16(18)20)6-7-13(11)9-19-10-14-4-2-3-5-15(14)17/h2-8H,9-10H2,1H3,(H2,18,20). The third-order valence-corrected chi connectivity index (χ3v) is 3.70. The number of nitrogens with two attached hydrogens (primary N) is 1. The fraction of sp³-hybridized carbons (Fsp3) is 0.188. The highest BCUT2D eigenvalue weighted by Gasteiger charge is 2.04. The zero-order valence-electron chi connectivity index (χ0n) is 11.2. The average molecular weight is 306 g/mol. The predicted molar refractivity (Wildman–Crippen MR) is 87.0 cm³/mol. The maximum absolute atomic E-state index is 6.08. The monoisotopic (exact) mass is 305 g/mol. The van der Waals surface area contributed by atoms with Gasteiger partial charge in [0, 0.05) is 10.6 Å². The molecule has 0 aromatic heterocycles. The Kier molecular flexibility index (Phi) is 5.12. The lowest BCUT2D eigenvalue weighted by atomic mass is 10.1. The third-order valence-electron chi connectivity index (χ3n) is 3.10. The predicted octanol–water partition coefficient (Wildman–Crippen LogP) is 4.00. The lowest BCUT2D eigenvalue weighted by molar-refractivity contribution is 0.107. The van der Waals surface area contributed by atoms with E-state index in [0.717, 1.165) is 27.3 Å². The van der Waals surface area contributed by atoms with E-state index in [1.165, 1.54) is 0 Å². The highest BCUT2D eigenvalue weighted by atomic mass is 35.5. The molecule has 0 amide bonds. The molecule has 20 heavy (non-hydrogen) atoms. The summed E-state index contributed by atoms with van der Waals surface area (Å²) in [6, 6.07) is 13.6. The molecule has 0 heterocycles. The summed E-state index contributed by atoms with van der Waals surface area (Å²) in [5.74, 6) is 0. The Hall–Kier alpha value is -1.42. The van der Waals surface area contributed by atoms with Crippen molar-refractivity contribution in [1.82, 2.24) is 0 Å². The van der Waals surface area contributed by atoms with Gasteiger partial charge in [0.25, 0.3) is 0 Å². The first-order valence-corrected chi connectivity index (χ1v) is 7.07. The molecule has 104 valence electrons. The fourth-order valence-electron chi connectivity index (χ4n) is 1.90. The van der Waals surface area contributed by atoms with Gasteiger partial charge in [0.1, 0.15) is 4.99 Å². The Bertz CT molecular complexity index is 628. The molecule has 0 unspecified atom stereocenters. The molecule has 0 atom stereocenters. The Labute approximate surface area is 129 Å². The third kappa shape index (κ3) is 3.79. The summed E-state index contributed by atoms with van der Waals surface area (Å²) in [7, 11) is 0. The van der Waals surface area contributed by atoms with Gasteiger partial charge in [0.2, 0.25) is 0 Å². The number of hydrogen-bond donors (Lipinski definition) is 1. The smallest absolute Gasteiger partial charge is 0.103 e. The molecule has 0 spiro atoms. The molecule has 0 aliphatic rings.